The summed E-state index contributed by atoms with van der Waals surface area (Å²) < 4.78 is 39.3. The Labute approximate surface area is 254 Å². The molecule has 1 aromatic carbocycles. The third-order valence-electron chi connectivity index (χ3n) is 8.80. The van der Waals surface area contributed by atoms with Crippen LogP contribution in [-0.2, 0) is 27.8 Å². The van der Waals surface area contributed by atoms with Gasteiger partial charge in [0.1, 0.15) is 22.9 Å². The topological polar surface area (TPSA) is 118 Å². The minimum Gasteiger partial charge on any atom is -0.492 e. The molecule has 43 heavy (non-hydrogen) atoms. The molecule has 232 valence electrons. The van der Waals surface area contributed by atoms with Gasteiger partial charge in [0.05, 0.1) is 0 Å². The highest BCUT2D eigenvalue weighted by Gasteiger charge is 2.37. The van der Waals surface area contributed by atoms with Crippen LogP contribution in [0.2, 0.25) is 0 Å². The quantitative estimate of drug-likeness (QED) is 0.422. The van der Waals surface area contributed by atoms with Gasteiger partial charge in [-0.3, -0.25) is 14.7 Å². The minimum atomic E-state index is -3.79. The van der Waals surface area contributed by atoms with Crippen LogP contribution in [0.5, 0.6) is 5.75 Å². The van der Waals surface area contributed by atoms with Crippen molar-refractivity contribution in [3.63, 3.8) is 0 Å². The number of pyridine rings is 1. The van der Waals surface area contributed by atoms with Crippen molar-refractivity contribution in [3.05, 3.63) is 71.4 Å². The van der Waals surface area contributed by atoms with E-state index in [4.69, 9.17) is 9.26 Å². The highest BCUT2D eigenvalue weighted by molar-refractivity contribution is 7.89. The molecule has 5 rings (SSSR count). The smallest absolute Gasteiger partial charge is 0.245 e. The van der Waals surface area contributed by atoms with Gasteiger partial charge in [-0.15, -0.1) is 0 Å². The van der Waals surface area contributed by atoms with E-state index in [9.17, 15) is 13.2 Å². The van der Waals surface area contributed by atoms with Gasteiger partial charge in [0.15, 0.2) is 5.76 Å². The average Bonchev–Trinajstić information content (AvgIpc) is 3.34. The van der Waals surface area contributed by atoms with Crippen LogP contribution in [0.3, 0.4) is 0 Å². The van der Waals surface area contributed by atoms with E-state index in [1.54, 1.807) is 13.8 Å². The molecular weight excluding hydrogens is 566 g/mol. The molecule has 0 radical (unpaired) electrons. The molecule has 0 unspecified atom stereocenters. The monoisotopic (exact) mass is 609 g/mol. The number of para-hydroxylation sites is 1. The van der Waals surface area contributed by atoms with Crippen molar-refractivity contribution >= 4 is 15.9 Å². The number of likely N-dealkylation sites (tertiary alicyclic amines) is 1. The van der Waals surface area contributed by atoms with Gasteiger partial charge in [0.25, 0.3) is 0 Å². The zero-order valence-corrected chi connectivity index (χ0v) is 26.1. The summed E-state index contributed by atoms with van der Waals surface area (Å²) in [6.45, 7) is 7.74. The summed E-state index contributed by atoms with van der Waals surface area (Å²) in [7, 11) is -3.79. The van der Waals surface area contributed by atoms with Crippen molar-refractivity contribution in [2.45, 2.75) is 70.2 Å². The predicted molar refractivity (Wildman–Crippen MR) is 163 cm³/mol. The lowest BCUT2D eigenvalue weighted by molar-refractivity contribution is -0.133. The minimum absolute atomic E-state index is 0.0249. The number of amides is 1. The number of carbonyl (C=O) groups excluding carboxylic acids is 1. The van der Waals surface area contributed by atoms with E-state index in [2.05, 4.69) is 50.1 Å². The Morgan fingerprint density at radius 2 is 1.79 bits per heavy atom. The maximum Gasteiger partial charge on any atom is 0.245 e. The number of benzene rings is 1. The van der Waals surface area contributed by atoms with Crippen LogP contribution in [0.15, 0.2) is 58.2 Å². The zero-order valence-electron chi connectivity index (χ0n) is 25.3. The molecule has 3 aromatic rings. The number of carbonyl (C=O) groups is 1. The number of aryl methyl sites for hydroxylation is 3. The number of piperidine rings is 1. The average molecular weight is 610 g/mol. The first-order valence-corrected chi connectivity index (χ1v) is 16.8. The molecule has 0 atom stereocenters. The van der Waals surface area contributed by atoms with Gasteiger partial charge >= 0.3 is 0 Å². The summed E-state index contributed by atoms with van der Waals surface area (Å²) in [5.41, 5.74) is 2.91. The first-order chi connectivity index (χ1) is 20.7. The number of sulfonamides is 1. The standard InChI is InChI=1S/C32H43N5O5S/c1-25-31(26(2)42-35-25)43(39,40)34-18-12-30(38)37-19-14-32(15-20-37)13-6-5-8-28-7-3-4-9-29(28)41-22-21-36(24-32)23-27-10-16-33-17-11-27/h3-4,7,9-11,16-17,34H,5-6,8,12-15,18-24H2,1-2H3. The first kappa shape index (κ1) is 31.2. The number of aromatic nitrogens is 2. The second kappa shape index (κ2) is 14.0. The molecule has 2 aliphatic heterocycles. The van der Waals surface area contributed by atoms with Crippen LogP contribution >= 0.6 is 0 Å². The fourth-order valence-corrected chi connectivity index (χ4v) is 7.84. The van der Waals surface area contributed by atoms with Crippen molar-refractivity contribution in [3.8, 4) is 5.75 Å². The molecule has 2 aliphatic rings. The maximum atomic E-state index is 13.1. The predicted octanol–water partition coefficient (Wildman–Crippen LogP) is 4.27. The molecule has 11 heteroatoms. The second-order valence-corrected chi connectivity index (χ2v) is 13.6. The van der Waals surface area contributed by atoms with Gasteiger partial charge in [-0.25, -0.2) is 13.1 Å². The number of nitrogens with zero attached hydrogens (tertiary/aromatic N) is 4. The summed E-state index contributed by atoms with van der Waals surface area (Å²) in [5, 5.41) is 3.73. The SMILES string of the molecule is Cc1noc(C)c1S(=O)(=O)NCCC(=O)N1CCC2(CCCCc3ccccc3OCCN(Cc3ccncc3)C2)CC1. The highest BCUT2D eigenvalue weighted by atomic mass is 32.2. The molecule has 1 saturated heterocycles. The van der Waals surface area contributed by atoms with Crippen molar-refractivity contribution in [1.29, 1.82) is 0 Å². The lowest BCUT2D eigenvalue weighted by atomic mass is 9.73. The number of ether oxygens (including phenoxy) is 1. The lowest BCUT2D eigenvalue weighted by Crippen LogP contribution is -2.49. The molecule has 10 nitrogen and oxygen atoms in total. The van der Waals surface area contributed by atoms with Crippen molar-refractivity contribution < 1.29 is 22.5 Å². The number of fused-ring (bicyclic) bond motifs is 1. The van der Waals surface area contributed by atoms with Gasteiger partial charge < -0.3 is 14.2 Å². The first-order valence-electron chi connectivity index (χ1n) is 15.3. The fraction of sp³-hybridized carbons (Fsp3) is 0.531. The Balaban J connectivity index is 1.22. The summed E-state index contributed by atoms with van der Waals surface area (Å²) in [6.07, 6.45) is 9.97. The van der Waals surface area contributed by atoms with E-state index in [-0.39, 0.29) is 34.9 Å². The molecule has 0 aliphatic carbocycles. The molecule has 4 heterocycles. The zero-order chi connectivity index (χ0) is 30.3. The molecule has 0 saturated carbocycles. The molecule has 1 spiro atoms. The van der Waals surface area contributed by atoms with E-state index in [0.29, 0.717) is 25.4 Å². The Morgan fingerprint density at radius 3 is 2.53 bits per heavy atom. The van der Waals surface area contributed by atoms with Gasteiger partial charge in [-0.2, -0.15) is 0 Å². The number of hydrogen-bond acceptors (Lipinski definition) is 8. The Bertz CT molecular complexity index is 1450. The Kier molecular flexibility index (Phi) is 10.1. The van der Waals surface area contributed by atoms with E-state index in [0.717, 1.165) is 63.9 Å². The second-order valence-electron chi connectivity index (χ2n) is 11.9. The molecule has 2 aromatic heterocycles. The molecule has 1 N–H and O–H groups in total. The summed E-state index contributed by atoms with van der Waals surface area (Å²) >= 11 is 0. The number of nitrogens with one attached hydrogen (secondary N) is 1. The van der Waals surface area contributed by atoms with Gasteiger partial charge in [0, 0.05) is 58.1 Å². The molecule has 0 bridgehead atoms. The number of hydrogen-bond donors (Lipinski definition) is 1. The molecule has 1 fully saturated rings. The van der Waals surface area contributed by atoms with E-state index < -0.39 is 10.0 Å². The van der Waals surface area contributed by atoms with Gasteiger partial charge in [-0.1, -0.05) is 29.8 Å². The van der Waals surface area contributed by atoms with Crippen LogP contribution in [0, 0.1) is 19.3 Å². The van der Waals surface area contributed by atoms with E-state index >= 15 is 0 Å². The van der Waals surface area contributed by atoms with Gasteiger partial charge in [0.2, 0.25) is 15.9 Å². The lowest BCUT2D eigenvalue weighted by Gasteiger charge is -2.45. The van der Waals surface area contributed by atoms with Crippen LogP contribution in [-0.4, -0.2) is 73.6 Å². The maximum absolute atomic E-state index is 13.1. The highest BCUT2D eigenvalue weighted by Crippen LogP contribution is 2.39. The number of rotatable bonds is 7. The third kappa shape index (κ3) is 8.01. The van der Waals surface area contributed by atoms with Crippen LogP contribution in [0.1, 0.15) is 61.1 Å². The molecule has 1 amide bonds. The Hall–Kier alpha value is -3.28. The van der Waals surface area contributed by atoms with E-state index in [1.807, 2.05) is 23.4 Å². The van der Waals surface area contributed by atoms with Crippen LogP contribution in [0.4, 0.5) is 0 Å². The van der Waals surface area contributed by atoms with Crippen molar-refractivity contribution in [2.24, 2.45) is 5.41 Å². The normalized spacial score (nSPS) is 18.3. The van der Waals surface area contributed by atoms with Crippen LogP contribution < -0.4 is 9.46 Å². The summed E-state index contributed by atoms with van der Waals surface area (Å²) in [5.74, 6) is 1.20. The van der Waals surface area contributed by atoms with Crippen LogP contribution in [0.25, 0.3) is 0 Å². The fourth-order valence-electron chi connectivity index (χ4n) is 6.48. The van der Waals surface area contributed by atoms with Crippen molar-refractivity contribution in [1.82, 2.24) is 24.7 Å². The van der Waals surface area contributed by atoms with Gasteiger partial charge in [-0.05, 0) is 80.7 Å². The summed E-state index contributed by atoms with van der Waals surface area (Å²) in [4.78, 5) is 21.8. The largest absolute Gasteiger partial charge is 0.492 e. The Morgan fingerprint density at radius 1 is 1.02 bits per heavy atom. The molecular formula is C32H43N5O5S. The third-order valence-corrected chi connectivity index (χ3v) is 10.5. The van der Waals surface area contributed by atoms with Crippen molar-refractivity contribution in [2.75, 3.05) is 39.3 Å². The van der Waals surface area contributed by atoms with E-state index in [1.165, 1.54) is 11.1 Å². The summed E-state index contributed by atoms with van der Waals surface area (Å²) in [6, 6.07) is 12.5.